The predicted molar refractivity (Wildman–Crippen MR) is 105 cm³/mol. The number of halogens is 4. The molecule has 0 aliphatic carbocycles. The van der Waals surface area contributed by atoms with Gasteiger partial charge in [0.05, 0.1) is 22.8 Å². The molecule has 2 heterocycles. The first-order valence-corrected chi connectivity index (χ1v) is 8.32. The van der Waals surface area contributed by atoms with E-state index in [-0.39, 0.29) is 12.4 Å². The van der Waals surface area contributed by atoms with Crippen molar-refractivity contribution in [2.45, 2.75) is 0 Å². The van der Waals surface area contributed by atoms with Gasteiger partial charge in [-0.2, -0.15) is 0 Å². The second-order valence-electron chi connectivity index (χ2n) is 5.35. The summed E-state index contributed by atoms with van der Waals surface area (Å²) in [5.41, 5.74) is 3.81. The molecule has 7 heteroatoms. The monoisotopic (exact) mass is 399 g/mol. The lowest BCUT2D eigenvalue weighted by Crippen LogP contribution is -2.19. The minimum Gasteiger partial charge on any atom is -0.368 e. The molecule has 4 rings (SSSR count). The van der Waals surface area contributed by atoms with Crippen molar-refractivity contribution in [3.63, 3.8) is 0 Å². The standard InChI is InChI=1S/C17H12Cl3N3.ClH/c18-10-3-1-9(2-4-10)15-14(17-21-5-6-22-17)12-7-11(19)8-13(20)16(12)23-15;/h1-4,7-8,23H,5-6H2,(H,21,22);1H. The van der Waals surface area contributed by atoms with E-state index in [4.69, 9.17) is 34.8 Å². The quantitative estimate of drug-likeness (QED) is 0.580. The van der Waals surface area contributed by atoms with Crippen molar-refractivity contribution in [3.05, 3.63) is 57.0 Å². The van der Waals surface area contributed by atoms with Gasteiger partial charge in [-0.3, -0.25) is 4.99 Å². The first-order valence-electron chi connectivity index (χ1n) is 7.19. The van der Waals surface area contributed by atoms with Crippen LogP contribution in [0.15, 0.2) is 41.4 Å². The van der Waals surface area contributed by atoms with Gasteiger partial charge in [0.25, 0.3) is 0 Å². The Labute approximate surface area is 160 Å². The Morgan fingerprint density at radius 2 is 1.71 bits per heavy atom. The highest BCUT2D eigenvalue weighted by molar-refractivity contribution is 6.39. The highest BCUT2D eigenvalue weighted by atomic mass is 35.5. The Balaban J connectivity index is 0.00000169. The third kappa shape index (κ3) is 2.98. The Morgan fingerprint density at radius 1 is 0.958 bits per heavy atom. The Kier molecular flexibility index (Phi) is 4.97. The molecule has 0 radical (unpaired) electrons. The van der Waals surface area contributed by atoms with E-state index < -0.39 is 0 Å². The fourth-order valence-corrected chi connectivity index (χ4v) is 3.53. The highest BCUT2D eigenvalue weighted by Crippen LogP contribution is 2.36. The molecule has 0 saturated heterocycles. The number of hydrogen-bond acceptors (Lipinski definition) is 2. The smallest absolute Gasteiger partial charge is 0.131 e. The summed E-state index contributed by atoms with van der Waals surface area (Å²) in [6.07, 6.45) is 0. The number of aromatic amines is 1. The van der Waals surface area contributed by atoms with Gasteiger partial charge in [-0.15, -0.1) is 12.4 Å². The highest BCUT2D eigenvalue weighted by Gasteiger charge is 2.21. The molecule has 0 saturated carbocycles. The van der Waals surface area contributed by atoms with Crippen LogP contribution in [0.5, 0.6) is 0 Å². The van der Waals surface area contributed by atoms with Crippen molar-refractivity contribution in [2.24, 2.45) is 4.99 Å². The van der Waals surface area contributed by atoms with Crippen molar-refractivity contribution < 1.29 is 0 Å². The number of fused-ring (bicyclic) bond motifs is 1. The number of aliphatic imine (C=N–C) groups is 1. The molecule has 1 aromatic heterocycles. The summed E-state index contributed by atoms with van der Waals surface area (Å²) in [7, 11) is 0. The predicted octanol–water partition coefficient (Wildman–Crippen LogP) is 5.57. The molecule has 0 amide bonds. The molecule has 2 N–H and O–H groups in total. The maximum Gasteiger partial charge on any atom is 0.131 e. The van der Waals surface area contributed by atoms with Crippen molar-refractivity contribution in [3.8, 4) is 11.3 Å². The van der Waals surface area contributed by atoms with Crippen LogP contribution in [0.1, 0.15) is 5.56 Å². The maximum absolute atomic E-state index is 6.37. The number of benzene rings is 2. The molecule has 3 aromatic rings. The number of aromatic nitrogens is 1. The molecular weight excluding hydrogens is 388 g/mol. The topological polar surface area (TPSA) is 40.2 Å². The molecule has 0 bridgehead atoms. The molecular formula is C17H13Cl4N3. The summed E-state index contributed by atoms with van der Waals surface area (Å²) in [4.78, 5) is 7.98. The molecule has 124 valence electrons. The van der Waals surface area contributed by atoms with Crippen molar-refractivity contribution >= 4 is 63.9 Å². The minimum atomic E-state index is 0. The number of hydrogen-bond donors (Lipinski definition) is 2. The van der Waals surface area contributed by atoms with Gasteiger partial charge < -0.3 is 10.3 Å². The molecule has 0 atom stereocenters. The van der Waals surface area contributed by atoms with Crippen LogP contribution < -0.4 is 5.32 Å². The van der Waals surface area contributed by atoms with Crippen molar-refractivity contribution in [1.82, 2.24) is 10.3 Å². The summed E-state index contributed by atoms with van der Waals surface area (Å²) in [5, 5.41) is 6.18. The van der Waals surface area contributed by atoms with Gasteiger partial charge in [-0.1, -0.05) is 46.9 Å². The lowest BCUT2D eigenvalue weighted by atomic mass is 10.0. The van der Waals surface area contributed by atoms with E-state index in [1.54, 1.807) is 6.07 Å². The lowest BCUT2D eigenvalue weighted by Gasteiger charge is -2.06. The van der Waals surface area contributed by atoms with Gasteiger partial charge in [-0.25, -0.2) is 0 Å². The van der Waals surface area contributed by atoms with Crippen LogP contribution in [0.4, 0.5) is 0 Å². The Hall–Kier alpha value is -1.39. The van der Waals surface area contributed by atoms with Crippen molar-refractivity contribution in [2.75, 3.05) is 13.1 Å². The maximum atomic E-state index is 6.37. The van der Waals surface area contributed by atoms with Crippen LogP contribution in [-0.2, 0) is 0 Å². The minimum absolute atomic E-state index is 0. The van der Waals surface area contributed by atoms with E-state index in [2.05, 4.69) is 15.3 Å². The SMILES string of the molecule is Cl.Clc1ccc(-c2[nH]c3c(Cl)cc(Cl)cc3c2C2=NCCN2)cc1. The fourth-order valence-electron chi connectivity index (χ4n) is 2.86. The summed E-state index contributed by atoms with van der Waals surface area (Å²) < 4.78 is 0. The zero-order chi connectivity index (χ0) is 16.0. The number of amidine groups is 1. The van der Waals surface area contributed by atoms with E-state index in [0.717, 1.165) is 46.6 Å². The molecule has 0 fully saturated rings. The van der Waals surface area contributed by atoms with Gasteiger partial charge in [0.2, 0.25) is 0 Å². The summed E-state index contributed by atoms with van der Waals surface area (Å²) in [5.74, 6) is 0.861. The third-order valence-electron chi connectivity index (χ3n) is 3.87. The molecule has 3 nitrogen and oxygen atoms in total. The van der Waals surface area contributed by atoms with E-state index in [1.165, 1.54) is 0 Å². The summed E-state index contributed by atoms with van der Waals surface area (Å²) in [6.45, 7) is 1.59. The van der Waals surface area contributed by atoms with Gasteiger partial charge >= 0.3 is 0 Å². The van der Waals surface area contributed by atoms with Crippen LogP contribution in [0.3, 0.4) is 0 Å². The largest absolute Gasteiger partial charge is 0.368 e. The van der Waals surface area contributed by atoms with E-state index in [1.807, 2.05) is 30.3 Å². The average molecular weight is 401 g/mol. The van der Waals surface area contributed by atoms with Crippen LogP contribution in [0.2, 0.25) is 15.1 Å². The van der Waals surface area contributed by atoms with Crippen LogP contribution in [0, 0.1) is 0 Å². The lowest BCUT2D eigenvalue weighted by molar-refractivity contribution is 0.960. The van der Waals surface area contributed by atoms with E-state index in [0.29, 0.717) is 15.1 Å². The molecule has 0 unspecified atom stereocenters. The summed E-state index contributed by atoms with van der Waals surface area (Å²) >= 11 is 18.6. The number of rotatable bonds is 2. The Morgan fingerprint density at radius 3 is 2.38 bits per heavy atom. The summed E-state index contributed by atoms with van der Waals surface area (Å²) in [6, 6.07) is 11.3. The normalized spacial score (nSPS) is 13.5. The number of nitrogens with zero attached hydrogens (tertiary/aromatic N) is 1. The second-order valence-corrected chi connectivity index (χ2v) is 6.63. The zero-order valence-electron chi connectivity index (χ0n) is 12.4. The van der Waals surface area contributed by atoms with Crippen molar-refractivity contribution in [1.29, 1.82) is 0 Å². The third-order valence-corrected chi connectivity index (χ3v) is 4.64. The van der Waals surface area contributed by atoms with Gasteiger partial charge in [-0.05, 0) is 29.8 Å². The average Bonchev–Trinajstić information content (AvgIpc) is 3.14. The van der Waals surface area contributed by atoms with Gasteiger partial charge in [0.15, 0.2) is 0 Å². The molecule has 24 heavy (non-hydrogen) atoms. The van der Waals surface area contributed by atoms with E-state index in [9.17, 15) is 0 Å². The first kappa shape index (κ1) is 17.4. The molecule has 2 aromatic carbocycles. The molecule has 1 aliphatic rings. The zero-order valence-corrected chi connectivity index (χ0v) is 15.5. The van der Waals surface area contributed by atoms with E-state index >= 15 is 0 Å². The molecule has 0 spiro atoms. The Bertz CT molecular complexity index is 929. The number of nitrogens with one attached hydrogen (secondary N) is 2. The number of H-pyrrole nitrogens is 1. The van der Waals surface area contributed by atoms with Crippen LogP contribution in [-0.4, -0.2) is 23.9 Å². The first-order chi connectivity index (χ1) is 11.1. The van der Waals surface area contributed by atoms with Gasteiger partial charge in [0.1, 0.15) is 5.84 Å². The van der Waals surface area contributed by atoms with Gasteiger partial charge in [0, 0.05) is 27.5 Å². The molecule has 1 aliphatic heterocycles. The fraction of sp³-hybridized carbons (Fsp3) is 0.118. The second kappa shape index (κ2) is 6.85. The van der Waals surface area contributed by atoms with Crippen LogP contribution in [0.25, 0.3) is 22.2 Å². The van der Waals surface area contributed by atoms with Crippen LogP contribution >= 0.6 is 47.2 Å².